The standard InChI is InChI=1S/C7H4N2O4S/c1-4-12-7(8-14-4)5-2-3-6(13-5)9(10)11/h2-3H,1H2. The van der Waals surface area contributed by atoms with E-state index in [2.05, 4.69) is 11.0 Å². The second-order valence-corrected chi connectivity index (χ2v) is 3.18. The van der Waals surface area contributed by atoms with E-state index in [1.165, 1.54) is 12.1 Å². The summed E-state index contributed by atoms with van der Waals surface area (Å²) in [6.45, 7) is 3.52. The van der Waals surface area contributed by atoms with Crippen LogP contribution in [0.15, 0.2) is 32.6 Å². The molecule has 1 aromatic rings. The Morgan fingerprint density at radius 3 is 2.86 bits per heavy atom. The second-order valence-electron chi connectivity index (χ2n) is 2.36. The second kappa shape index (κ2) is 3.18. The first-order valence-electron chi connectivity index (χ1n) is 3.53. The van der Waals surface area contributed by atoms with Crippen molar-refractivity contribution in [2.75, 3.05) is 0 Å². The summed E-state index contributed by atoms with van der Waals surface area (Å²) in [7, 11) is 0. The Labute approximate surface area is 82.5 Å². The maximum Gasteiger partial charge on any atom is 0.433 e. The lowest BCUT2D eigenvalue weighted by Gasteiger charge is -1.94. The Kier molecular flexibility index (Phi) is 2.01. The van der Waals surface area contributed by atoms with E-state index < -0.39 is 4.92 Å². The third-order valence-electron chi connectivity index (χ3n) is 1.42. The lowest BCUT2D eigenvalue weighted by Crippen LogP contribution is -1.97. The van der Waals surface area contributed by atoms with E-state index in [9.17, 15) is 10.1 Å². The van der Waals surface area contributed by atoms with Crippen LogP contribution in [0.25, 0.3) is 0 Å². The van der Waals surface area contributed by atoms with E-state index in [0.29, 0.717) is 5.09 Å². The highest BCUT2D eigenvalue weighted by Crippen LogP contribution is 2.28. The van der Waals surface area contributed by atoms with Crippen LogP contribution >= 0.6 is 11.9 Å². The van der Waals surface area contributed by atoms with Gasteiger partial charge in [-0.05, 0) is 12.6 Å². The average Bonchev–Trinajstić information content (AvgIpc) is 2.70. The smallest absolute Gasteiger partial charge is 0.427 e. The van der Waals surface area contributed by atoms with Crippen molar-refractivity contribution in [1.29, 1.82) is 0 Å². The molecule has 14 heavy (non-hydrogen) atoms. The number of nitrogens with zero attached hydrogens (tertiary/aromatic N) is 2. The Hall–Kier alpha value is -1.76. The van der Waals surface area contributed by atoms with Gasteiger partial charge >= 0.3 is 5.88 Å². The van der Waals surface area contributed by atoms with Crippen LogP contribution in [0.3, 0.4) is 0 Å². The van der Waals surface area contributed by atoms with Gasteiger partial charge < -0.3 is 9.15 Å². The topological polar surface area (TPSA) is 77.9 Å². The third kappa shape index (κ3) is 1.49. The third-order valence-corrected chi connectivity index (χ3v) is 1.97. The zero-order valence-corrected chi connectivity index (χ0v) is 7.61. The quantitative estimate of drug-likeness (QED) is 0.426. The van der Waals surface area contributed by atoms with Gasteiger partial charge in [-0.3, -0.25) is 10.1 Å². The predicted octanol–water partition coefficient (Wildman–Crippen LogP) is 2.08. The summed E-state index contributed by atoms with van der Waals surface area (Å²) in [6.07, 6.45) is 0. The number of hydrogen-bond acceptors (Lipinski definition) is 6. The highest BCUT2D eigenvalue weighted by molar-refractivity contribution is 8.02. The molecule has 0 N–H and O–H groups in total. The normalized spacial score (nSPS) is 15.1. The summed E-state index contributed by atoms with van der Waals surface area (Å²) in [5, 5.41) is 10.7. The molecular formula is C7H4N2O4S. The average molecular weight is 212 g/mol. The molecule has 7 heteroatoms. The first-order valence-corrected chi connectivity index (χ1v) is 4.30. The highest BCUT2D eigenvalue weighted by Gasteiger charge is 2.21. The van der Waals surface area contributed by atoms with E-state index in [1.807, 2.05) is 0 Å². The van der Waals surface area contributed by atoms with Gasteiger partial charge in [-0.25, -0.2) is 0 Å². The van der Waals surface area contributed by atoms with Crippen molar-refractivity contribution in [3.63, 3.8) is 0 Å². The number of ether oxygens (including phenoxy) is 1. The molecule has 0 saturated heterocycles. The number of hydrogen-bond donors (Lipinski definition) is 0. The van der Waals surface area contributed by atoms with E-state index >= 15 is 0 Å². The molecule has 0 saturated carbocycles. The Balaban J connectivity index is 2.25. The molecule has 0 unspecified atom stereocenters. The van der Waals surface area contributed by atoms with E-state index in [1.54, 1.807) is 0 Å². The highest BCUT2D eigenvalue weighted by atomic mass is 32.2. The minimum atomic E-state index is -0.624. The van der Waals surface area contributed by atoms with Gasteiger partial charge in [0, 0.05) is 0 Å². The summed E-state index contributed by atoms with van der Waals surface area (Å²) in [4.78, 5) is 9.68. The van der Waals surface area contributed by atoms with Crippen LogP contribution in [0.1, 0.15) is 5.76 Å². The van der Waals surface area contributed by atoms with Crippen molar-refractivity contribution in [3.8, 4) is 0 Å². The summed E-state index contributed by atoms with van der Waals surface area (Å²) < 4.78 is 13.8. The summed E-state index contributed by atoms with van der Waals surface area (Å²) in [5.74, 6) is 0.0877. The number of rotatable bonds is 2. The largest absolute Gasteiger partial charge is 0.433 e. The maximum absolute atomic E-state index is 10.3. The van der Waals surface area contributed by atoms with E-state index in [0.717, 1.165) is 11.9 Å². The van der Waals surface area contributed by atoms with Crippen molar-refractivity contribution in [2.24, 2.45) is 4.40 Å². The monoisotopic (exact) mass is 212 g/mol. The van der Waals surface area contributed by atoms with Crippen molar-refractivity contribution in [3.05, 3.63) is 39.7 Å². The van der Waals surface area contributed by atoms with Crippen LogP contribution in [0, 0.1) is 10.1 Å². The lowest BCUT2D eigenvalue weighted by atomic mass is 10.4. The van der Waals surface area contributed by atoms with Gasteiger partial charge in [0.25, 0.3) is 5.90 Å². The molecule has 72 valence electrons. The summed E-state index contributed by atoms with van der Waals surface area (Å²) in [6, 6.07) is 2.67. The Morgan fingerprint density at radius 2 is 2.36 bits per heavy atom. The van der Waals surface area contributed by atoms with E-state index in [-0.39, 0.29) is 17.5 Å². The molecule has 6 nitrogen and oxygen atoms in total. The molecule has 0 radical (unpaired) electrons. The molecule has 1 aliphatic rings. The molecule has 2 rings (SSSR count). The van der Waals surface area contributed by atoms with Crippen LogP contribution in [0.2, 0.25) is 0 Å². The Bertz CT molecular complexity index is 437. The van der Waals surface area contributed by atoms with Crippen molar-refractivity contribution in [1.82, 2.24) is 0 Å². The molecule has 0 spiro atoms. The van der Waals surface area contributed by atoms with Gasteiger partial charge in [0.2, 0.25) is 0 Å². The zero-order chi connectivity index (χ0) is 10.1. The van der Waals surface area contributed by atoms with Crippen LogP contribution in [0.4, 0.5) is 5.88 Å². The van der Waals surface area contributed by atoms with Gasteiger partial charge in [0.15, 0.2) is 10.9 Å². The molecule has 0 bridgehead atoms. The lowest BCUT2D eigenvalue weighted by molar-refractivity contribution is -0.402. The molecule has 1 aliphatic heterocycles. The number of furan rings is 1. The van der Waals surface area contributed by atoms with Crippen LogP contribution in [-0.2, 0) is 4.74 Å². The minimum absolute atomic E-state index is 0.202. The molecular weight excluding hydrogens is 208 g/mol. The summed E-state index contributed by atoms with van der Waals surface area (Å²) in [5.41, 5.74) is 0. The van der Waals surface area contributed by atoms with Gasteiger partial charge in [-0.2, -0.15) is 4.40 Å². The van der Waals surface area contributed by atoms with Gasteiger partial charge in [0.1, 0.15) is 4.92 Å². The first-order chi connectivity index (χ1) is 6.66. The fourth-order valence-corrected chi connectivity index (χ4v) is 1.30. The maximum atomic E-state index is 10.3. The molecule has 0 fully saturated rings. The van der Waals surface area contributed by atoms with Gasteiger partial charge in [0.05, 0.1) is 18.0 Å². The molecule has 1 aromatic heterocycles. The zero-order valence-electron chi connectivity index (χ0n) is 6.80. The fourth-order valence-electron chi connectivity index (χ4n) is 0.873. The first kappa shape index (κ1) is 8.82. The van der Waals surface area contributed by atoms with Crippen LogP contribution in [-0.4, -0.2) is 10.8 Å². The van der Waals surface area contributed by atoms with Crippen LogP contribution in [0.5, 0.6) is 0 Å². The van der Waals surface area contributed by atoms with Crippen molar-refractivity contribution in [2.45, 2.75) is 0 Å². The van der Waals surface area contributed by atoms with Crippen molar-refractivity contribution < 1.29 is 14.1 Å². The number of nitro groups is 1. The molecule has 0 atom stereocenters. The Morgan fingerprint density at radius 1 is 1.57 bits per heavy atom. The van der Waals surface area contributed by atoms with Gasteiger partial charge in [-0.15, -0.1) is 0 Å². The van der Waals surface area contributed by atoms with Crippen molar-refractivity contribution >= 4 is 23.7 Å². The molecule has 0 aromatic carbocycles. The molecule has 0 amide bonds. The van der Waals surface area contributed by atoms with E-state index in [4.69, 9.17) is 9.15 Å². The van der Waals surface area contributed by atoms with Gasteiger partial charge in [-0.1, -0.05) is 0 Å². The minimum Gasteiger partial charge on any atom is -0.427 e. The predicted molar refractivity (Wildman–Crippen MR) is 49.7 cm³/mol. The van der Waals surface area contributed by atoms with Crippen LogP contribution < -0.4 is 0 Å². The summed E-state index contributed by atoms with van der Waals surface area (Å²) >= 11 is 1.06. The fraction of sp³-hybridized carbons (Fsp3) is 0. The SMILES string of the molecule is C=C1OC(c2ccc([N+](=O)[O-])o2)=NS1. The molecule has 0 aliphatic carbocycles. The molecule has 2 heterocycles.